The van der Waals surface area contributed by atoms with Crippen molar-refractivity contribution in [2.45, 2.75) is 6.92 Å². The fourth-order valence-corrected chi connectivity index (χ4v) is 6.25. The Kier molecular flexibility index (Phi) is 8.26. The lowest BCUT2D eigenvalue weighted by Crippen LogP contribution is -2.12. The molecule has 1 atom stereocenters. The summed E-state index contributed by atoms with van der Waals surface area (Å²) in [6.07, 6.45) is -3.05. The lowest BCUT2D eigenvalue weighted by Gasteiger charge is -2.24. The second kappa shape index (κ2) is 10.9. The van der Waals surface area contributed by atoms with Gasteiger partial charge in [-0.3, -0.25) is 0 Å². The standard InChI is InChI=1S/C24H18Cl2NO3PS/c1-2-29-31(32,21-6-4-3-5-7-21)22(16-27)23(17-8-12-19(25)13-9-17)30-24(28)18-10-14-20(26)15-11-18/h3-15H,2H2,1H3/b23-22-/t31-/m0/s1. The summed E-state index contributed by atoms with van der Waals surface area (Å²) >= 11 is 17.9. The van der Waals surface area contributed by atoms with Crippen LogP contribution in [-0.2, 0) is 21.1 Å². The van der Waals surface area contributed by atoms with Crippen LogP contribution >= 0.6 is 29.5 Å². The molecule has 0 aromatic heterocycles. The number of nitriles is 1. The van der Waals surface area contributed by atoms with Gasteiger partial charge in [0.15, 0.2) is 5.76 Å². The van der Waals surface area contributed by atoms with Gasteiger partial charge in [0.2, 0.25) is 0 Å². The van der Waals surface area contributed by atoms with Crippen LogP contribution in [0, 0.1) is 11.3 Å². The molecule has 162 valence electrons. The summed E-state index contributed by atoms with van der Waals surface area (Å²) in [6.45, 7) is 2.09. The Morgan fingerprint density at radius 1 is 0.938 bits per heavy atom. The average Bonchev–Trinajstić information content (AvgIpc) is 2.80. The molecule has 3 aromatic carbocycles. The molecule has 0 unspecified atom stereocenters. The fraction of sp³-hybridized carbons (Fsp3) is 0.0833. The number of carbonyl (C=O) groups is 1. The van der Waals surface area contributed by atoms with E-state index in [4.69, 9.17) is 44.3 Å². The highest BCUT2D eigenvalue weighted by molar-refractivity contribution is 8.18. The van der Waals surface area contributed by atoms with E-state index in [-0.39, 0.29) is 23.2 Å². The first kappa shape index (κ1) is 24.2. The molecule has 0 spiro atoms. The lowest BCUT2D eigenvalue weighted by atomic mass is 10.1. The molecule has 3 aromatic rings. The zero-order valence-corrected chi connectivity index (χ0v) is 20.2. The minimum Gasteiger partial charge on any atom is -0.421 e. The van der Waals surface area contributed by atoms with E-state index in [1.54, 1.807) is 55.5 Å². The van der Waals surface area contributed by atoms with Gasteiger partial charge in [0.1, 0.15) is 17.6 Å². The van der Waals surface area contributed by atoms with E-state index in [0.717, 1.165) is 0 Å². The van der Waals surface area contributed by atoms with Crippen molar-refractivity contribution in [2.24, 2.45) is 0 Å². The van der Waals surface area contributed by atoms with Gasteiger partial charge in [-0.2, -0.15) is 5.26 Å². The van der Waals surface area contributed by atoms with Gasteiger partial charge in [-0.1, -0.05) is 65.3 Å². The second-order valence-corrected chi connectivity index (χ2v) is 11.2. The van der Waals surface area contributed by atoms with Crippen LogP contribution in [0.3, 0.4) is 0 Å². The normalized spacial score (nSPS) is 13.4. The average molecular weight is 502 g/mol. The number of nitrogens with zero attached hydrogens (tertiary/aromatic N) is 1. The topological polar surface area (TPSA) is 59.3 Å². The third-order valence-electron chi connectivity index (χ3n) is 4.40. The highest BCUT2D eigenvalue weighted by Gasteiger charge is 2.32. The molecule has 8 heteroatoms. The maximum absolute atomic E-state index is 13.0. The van der Waals surface area contributed by atoms with Crippen LogP contribution in [0.25, 0.3) is 5.76 Å². The van der Waals surface area contributed by atoms with Crippen molar-refractivity contribution in [1.29, 1.82) is 5.26 Å². The first-order valence-electron chi connectivity index (χ1n) is 9.58. The molecule has 0 amide bonds. The van der Waals surface area contributed by atoms with E-state index < -0.39 is 12.2 Å². The molecule has 0 N–H and O–H groups in total. The number of halogens is 2. The molecule has 0 aliphatic rings. The first-order valence-corrected chi connectivity index (χ1v) is 13.1. The number of benzene rings is 3. The number of allylic oxidation sites excluding steroid dienone is 1. The van der Waals surface area contributed by atoms with Gasteiger partial charge in [-0.15, -0.1) is 0 Å². The Labute approximate surface area is 202 Å². The quantitative estimate of drug-likeness (QED) is 0.154. The van der Waals surface area contributed by atoms with Crippen LogP contribution < -0.4 is 5.30 Å². The van der Waals surface area contributed by atoms with E-state index in [2.05, 4.69) is 6.07 Å². The highest BCUT2D eigenvalue weighted by Crippen LogP contribution is 2.56. The maximum atomic E-state index is 13.0. The molecule has 0 heterocycles. The van der Waals surface area contributed by atoms with Crippen LogP contribution in [0.1, 0.15) is 22.8 Å². The summed E-state index contributed by atoms with van der Waals surface area (Å²) in [5.74, 6) is -0.602. The molecule has 3 rings (SSSR count). The summed E-state index contributed by atoms with van der Waals surface area (Å²) < 4.78 is 11.8. The van der Waals surface area contributed by atoms with Crippen molar-refractivity contribution >= 4 is 58.3 Å². The van der Waals surface area contributed by atoms with Crippen LogP contribution in [-0.4, -0.2) is 12.6 Å². The van der Waals surface area contributed by atoms with Crippen molar-refractivity contribution in [3.63, 3.8) is 0 Å². The maximum Gasteiger partial charge on any atom is 0.343 e. The SMILES string of the molecule is CCO[P@@](=S)(/C(C#N)=C(\OC(=O)c1ccc(Cl)cc1)c1ccc(Cl)cc1)c1ccccc1. The predicted molar refractivity (Wildman–Crippen MR) is 133 cm³/mol. The Morgan fingerprint density at radius 2 is 1.47 bits per heavy atom. The van der Waals surface area contributed by atoms with Crippen LogP contribution in [0.5, 0.6) is 0 Å². The summed E-state index contributed by atoms with van der Waals surface area (Å²) in [4.78, 5) is 13.0. The lowest BCUT2D eigenvalue weighted by molar-refractivity contribution is 0.0691. The van der Waals surface area contributed by atoms with E-state index in [1.165, 1.54) is 0 Å². The van der Waals surface area contributed by atoms with Crippen molar-refractivity contribution in [3.8, 4) is 6.07 Å². The monoisotopic (exact) mass is 501 g/mol. The second-order valence-electron chi connectivity index (χ2n) is 6.50. The van der Waals surface area contributed by atoms with Gasteiger partial charge < -0.3 is 9.26 Å². The molecule has 0 radical (unpaired) electrons. The minimum atomic E-state index is -3.05. The van der Waals surface area contributed by atoms with Gasteiger partial charge in [0.25, 0.3) is 0 Å². The summed E-state index contributed by atoms with van der Waals surface area (Å²) in [5, 5.41) is 12.0. The predicted octanol–water partition coefficient (Wildman–Crippen LogP) is 6.80. The zero-order valence-electron chi connectivity index (χ0n) is 17.0. The molecular formula is C24H18Cl2NO3PS. The molecule has 0 saturated carbocycles. The summed E-state index contributed by atoms with van der Waals surface area (Å²) in [6, 6.07) is 24.2. The highest BCUT2D eigenvalue weighted by atomic mass is 35.5. The van der Waals surface area contributed by atoms with E-state index >= 15 is 0 Å². The number of hydrogen-bond donors (Lipinski definition) is 0. The zero-order chi connectivity index (χ0) is 23.1. The van der Waals surface area contributed by atoms with Gasteiger partial charge in [0, 0.05) is 27.5 Å². The van der Waals surface area contributed by atoms with Crippen LogP contribution in [0.4, 0.5) is 0 Å². The van der Waals surface area contributed by atoms with Crippen LogP contribution in [0.15, 0.2) is 84.2 Å². The Balaban J connectivity index is 2.21. The molecule has 32 heavy (non-hydrogen) atoms. The Hall–Kier alpha value is -2.45. The van der Waals surface area contributed by atoms with E-state index in [9.17, 15) is 10.1 Å². The minimum absolute atomic E-state index is 0.0461. The smallest absolute Gasteiger partial charge is 0.343 e. The largest absolute Gasteiger partial charge is 0.421 e. The first-order chi connectivity index (χ1) is 15.4. The molecule has 0 bridgehead atoms. The number of hydrogen-bond acceptors (Lipinski definition) is 5. The third kappa shape index (κ3) is 5.48. The molecule has 0 aliphatic carbocycles. The fourth-order valence-electron chi connectivity index (χ4n) is 2.91. The number of rotatable bonds is 7. The van der Waals surface area contributed by atoms with Gasteiger partial charge >= 0.3 is 5.97 Å². The molecule has 0 aliphatic heterocycles. The Morgan fingerprint density at radius 3 is 1.97 bits per heavy atom. The molecular weight excluding hydrogens is 484 g/mol. The van der Waals surface area contributed by atoms with Gasteiger partial charge in [-0.05, 0) is 55.5 Å². The summed E-state index contributed by atoms with van der Waals surface area (Å²) in [5.41, 5.74) is 0.765. The van der Waals surface area contributed by atoms with Gasteiger partial charge in [-0.25, -0.2) is 4.79 Å². The number of carbonyl (C=O) groups excluding carboxylic acids is 1. The Bertz CT molecular complexity index is 1220. The summed E-state index contributed by atoms with van der Waals surface area (Å²) in [7, 11) is 0. The van der Waals surface area contributed by atoms with Gasteiger partial charge in [0.05, 0.1) is 5.56 Å². The van der Waals surface area contributed by atoms with Crippen molar-refractivity contribution in [1.82, 2.24) is 0 Å². The molecule has 0 fully saturated rings. The van der Waals surface area contributed by atoms with Crippen LogP contribution in [0.2, 0.25) is 10.0 Å². The van der Waals surface area contributed by atoms with Crippen molar-refractivity contribution < 1.29 is 14.1 Å². The van der Waals surface area contributed by atoms with E-state index in [0.29, 0.717) is 20.9 Å². The van der Waals surface area contributed by atoms with E-state index in [1.807, 2.05) is 30.3 Å². The van der Waals surface area contributed by atoms with Crippen molar-refractivity contribution in [3.05, 3.63) is 105 Å². The number of esters is 1. The number of ether oxygens (including phenoxy) is 1. The third-order valence-corrected chi connectivity index (χ3v) is 8.90. The van der Waals surface area contributed by atoms with Crippen molar-refractivity contribution in [2.75, 3.05) is 6.61 Å². The molecule has 4 nitrogen and oxygen atoms in total. The molecule has 0 saturated heterocycles.